The Morgan fingerprint density at radius 2 is 1.38 bits per heavy atom. The molecule has 0 bridgehead atoms. The highest BCUT2D eigenvalue weighted by Crippen LogP contribution is 2.35. The molecule has 0 fully saturated rings. The predicted molar refractivity (Wildman–Crippen MR) is 160 cm³/mol. The average Bonchev–Trinajstić information content (AvgIpc) is 2.92. The first-order valence-corrected chi connectivity index (χ1v) is 16.2. The Labute approximate surface area is 235 Å². The first-order chi connectivity index (χ1) is 18.9. The van der Waals surface area contributed by atoms with Gasteiger partial charge in [-0.3, -0.25) is 9.32 Å². The molecule has 7 heteroatoms. The van der Waals surface area contributed by atoms with E-state index in [9.17, 15) is 9.36 Å². The molecule has 0 heterocycles. The Hall–Kier alpha value is -2.24. The van der Waals surface area contributed by atoms with Crippen LogP contribution in [0, 0.1) is 0 Å². The molecule has 2 aromatic rings. The number of rotatable bonds is 21. The number of carbonyl (C=O) groups excluding carboxylic acids is 1. The van der Waals surface area contributed by atoms with Crippen LogP contribution in [0.25, 0.3) is 11.1 Å². The number of allylic oxidation sites excluding steroid dienone is 2. The molecule has 3 N–H and O–H groups in total. The molecule has 0 saturated heterocycles. The van der Waals surface area contributed by atoms with Gasteiger partial charge in [0.2, 0.25) is 5.91 Å². The van der Waals surface area contributed by atoms with Crippen molar-refractivity contribution in [3.63, 3.8) is 0 Å². The molecule has 0 aliphatic carbocycles. The molecule has 0 aromatic heterocycles. The summed E-state index contributed by atoms with van der Waals surface area (Å²) in [6.07, 6.45) is 19.7. The third-order valence-corrected chi connectivity index (χ3v) is 7.25. The van der Waals surface area contributed by atoms with E-state index >= 15 is 0 Å². The molecule has 2 rings (SSSR count). The van der Waals surface area contributed by atoms with Crippen LogP contribution < -0.4 is 5.32 Å². The number of hydrogen-bond acceptors (Lipinski definition) is 3. The summed E-state index contributed by atoms with van der Waals surface area (Å²) in [6, 6.07) is 17.5. The van der Waals surface area contributed by atoms with E-state index in [0.29, 0.717) is 12.8 Å². The molecular weight excluding hydrogens is 509 g/mol. The van der Waals surface area contributed by atoms with Crippen LogP contribution in [0.3, 0.4) is 0 Å². The predicted octanol–water partition coefficient (Wildman–Crippen LogP) is 8.14. The van der Waals surface area contributed by atoms with Crippen LogP contribution in [0.15, 0.2) is 66.7 Å². The fourth-order valence-electron chi connectivity index (χ4n) is 4.57. The molecular formula is C32H48NO5P. The second-order valence-electron chi connectivity index (χ2n) is 10.3. The number of hydrogen-bond donors (Lipinski definition) is 3. The third kappa shape index (κ3) is 16.5. The van der Waals surface area contributed by atoms with Crippen LogP contribution in [-0.4, -0.2) is 28.3 Å². The topological polar surface area (TPSA) is 95.9 Å². The van der Waals surface area contributed by atoms with Crippen LogP contribution in [0.2, 0.25) is 0 Å². The van der Waals surface area contributed by atoms with E-state index in [2.05, 4.69) is 24.4 Å². The molecule has 0 radical (unpaired) electrons. The largest absolute Gasteiger partial charge is 0.469 e. The highest BCUT2D eigenvalue weighted by molar-refractivity contribution is 7.46. The van der Waals surface area contributed by atoms with Crippen molar-refractivity contribution in [2.24, 2.45) is 0 Å². The van der Waals surface area contributed by atoms with Crippen molar-refractivity contribution in [1.82, 2.24) is 5.32 Å². The van der Waals surface area contributed by atoms with Gasteiger partial charge in [-0.25, -0.2) is 4.57 Å². The summed E-state index contributed by atoms with van der Waals surface area (Å²) < 4.78 is 16.0. The number of amides is 1. The highest BCUT2D eigenvalue weighted by atomic mass is 31.2. The van der Waals surface area contributed by atoms with Crippen LogP contribution in [-0.2, 0) is 20.3 Å². The fraction of sp³-hybridized carbons (Fsp3) is 0.531. The summed E-state index contributed by atoms with van der Waals surface area (Å²) in [7, 11) is -4.62. The van der Waals surface area contributed by atoms with Crippen molar-refractivity contribution in [2.75, 3.05) is 6.61 Å². The summed E-state index contributed by atoms with van der Waals surface area (Å²) in [5, 5.41) is 2.91. The smallest absolute Gasteiger partial charge is 0.351 e. The van der Waals surface area contributed by atoms with Gasteiger partial charge in [-0.05, 0) is 55.2 Å². The lowest BCUT2D eigenvalue weighted by Gasteiger charge is -2.19. The number of phosphoric acid groups is 1. The maximum absolute atomic E-state index is 12.6. The third-order valence-electron chi connectivity index (χ3n) is 6.77. The minimum absolute atomic E-state index is 0.117. The summed E-state index contributed by atoms with van der Waals surface area (Å²) in [4.78, 5) is 30.8. The van der Waals surface area contributed by atoms with Crippen LogP contribution >= 0.6 is 7.82 Å². The van der Waals surface area contributed by atoms with E-state index in [1.54, 1.807) is 0 Å². The Kier molecular flexibility index (Phi) is 16.7. The molecule has 6 nitrogen and oxygen atoms in total. The SMILES string of the molecule is CCCCCCCC/C=C\CCCCCCC(=O)N[C@H](COP(=O)(O)O)Cc1ccc(-c2ccccc2)cc1. The van der Waals surface area contributed by atoms with Gasteiger partial charge in [0.15, 0.2) is 0 Å². The molecule has 2 aromatic carbocycles. The van der Waals surface area contributed by atoms with E-state index in [0.717, 1.165) is 48.8 Å². The summed E-state index contributed by atoms with van der Waals surface area (Å²) >= 11 is 0. The molecule has 216 valence electrons. The van der Waals surface area contributed by atoms with Gasteiger partial charge in [0.05, 0.1) is 12.6 Å². The van der Waals surface area contributed by atoms with Gasteiger partial charge in [0.25, 0.3) is 0 Å². The Balaban J connectivity index is 1.67. The van der Waals surface area contributed by atoms with Crippen molar-refractivity contribution >= 4 is 13.7 Å². The van der Waals surface area contributed by atoms with Crippen LogP contribution in [0.1, 0.15) is 96.0 Å². The second kappa shape index (κ2) is 19.8. The lowest BCUT2D eigenvalue weighted by atomic mass is 10.0. The molecule has 0 aliphatic rings. The standard InChI is InChI=1S/C32H48NO5P/c1-2-3-4-5-6-7-8-9-10-11-12-13-14-18-21-32(34)33-31(27-38-39(35,36)37)26-28-22-24-30(25-23-28)29-19-16-15-17-20-29/h9-10,15-17,19-20,22-25,31H,2-8,11-14,18,21,26-27H2,1H3,(H,33,34)(H2,35,36,37)/b10-9-/t31-/m0/s1. The van der Waals surface area contributed by atoms with Crippen molar-refractivity contribution < 1.29 is 23.7 Å². The fourth-order valence-corrected chi connectivity index (χ4v) is 4.94. The molecule has 0 unspecified atom stereocenters. The number of carbonyl (C=O) groups is 1. The quantitative estimate of drug-likeness (QED) is 0.0818. The molecule has 1 amide bonds. The summed E-state index contributed by atoms with van der Waals surface area (Å²) in [5.41, 5.74) is 3.15. The van der Waals surface area contributed by atoms with Crippen LogP contribution in [0.5, 0.6) is 0 Å². The van der Waals surface area contributed by atoms with Gasteiger partial charge in [-0.1, -0.05) is 119 Å². The van der Waals surface area contributed by atoms with Gasteiger partial charge in [0, 0.05) is 6.42 Å². The first-order valence-electron chi connectivity index (χ1n) is 14.7. The second-order valence-corrected chi connectivity index (χ2v) is 11.5. The maximum Gasteiger partial charge on any atom is 0.469 e. The van der Waals surface area contributed by atoms with E-state index in [-0.39, 0.29) is 12.5 Å². The van der Waals surface area contributed by atoms with Gasteiger partial charge < -0.3 is 15.1 Å². The van der Waals surface area contributed by atoms with Gasteiger partial charge in [-0.15, -0.1) is 0 Å². The summed E-state index contributed by atoms with van der Waals surface area (Å²) in [5.74, 6) is -0.117. The number of phosphoric ester groups is 1. The summed E-state index contributed by atoms with van der Waals surface area (Å²) in [6.45, 7) is 2.00. The van der Waals surface area contributed by atoms with Crippen LogP contribution in [0.4, 0.5) is 0 Å². The van der Waals surface area contributed by atoms with Gasteiger partial charge in [0.1, 0.15) is 0 Å². The van der Waals surface area contributed by atoms with Crippen molar-refractivity contribution in [3.8, 4) is 11.1 Å². The number of nitrogens with one attached hydrogen (secondary N) is 1. The Morgan fingerprint density at radius 1 is 0.821 bits per heavy atom. The van der Waals surface area contributed by atoms with E-state index < -0.39 is 13.9 Å². The molecule has 39 heavy (non-hydrogen) atoms. The van der Waals surface area contributed by atoms with E-state index in [1.165, 1.54) is 44.9 Å². The van der Waals surface area contributed by atoms with E-state index in [4.69, 9.17) is 14.3 Å². The van der Waals surface area contributed by atoms with E-state index in [1.807, 2.05) is 54.6 Å². The molecule has 1 atom stereocenters. The normalized spacial score (nSPS) is 12.6. The van der Waals surface area contributed by atoms with Gasteiger partial charge >= 0.3 is 7.82 Å². The first kappa shape index (κ1) is 33.0. The molecule has 0 aliphatic heterocycles. The minimum atomic E-state index is -4.62. The highest BCUT2D eigenvalue weighted by Gasteiger charge is 2.20. The monoisotopic (exact) mass is 557 g/mol. The number of unbranched alkanes of at least 4 members (excludes halogenated alkanes) is 10. The van der Waals surface area contributed by atoms with Crippen molar-refractivity contribution in [3.05, 3.63) is 72.3 Å². The zero-order valence-corrected chi connectivity index (χ0v) is 24.5. The number of benzene rings is 2. The zero-order chi connectivity index (χ0) is 28.2. The molecule has 0 spiro atoms. The minimum Gasteiger partial charge on any atom is -0.351 e. The maximum atomic E-state index is 12.6. The zero-order valence-electron chi connectivity index (χ0n) is 23.6. The van der Waals surface area contributed by atoms with Crippen molar-refractivity contribution in [2.45, 2.75) is 103 Å². The average molecular weight is 558 g/mol. The Morgan fingerprint density at radius 3 is 2.00 bits per heavy atom. The molecule has 0 saturated carbocycles. The van der Waals surface area contributed by atoms with Crippen molar-refractivity contribution in [1.29, 1.82) is 0 Å². The van der Waals surface area contributed by atoms with Gasteiger partial charge in [-0.2, -0.15) is 0 Å². The lowest BCUT2D eigenvalue weighted by Crippen LogP contribution is -2.39. The Bertz CT molecular complexity index is 987. The lowest BCUT2D eigenvalue weighted by molar-refractivity contribution is -0.122.